The van der Waals surface area contributed by atoms with Crippen LogP contribution in [0.25, 0.3) is 0 Å². The minimum Gasteiger partial charge on any atom is -0.463 e. The molecule has 0 aromatic carbocycles. The van der Waals surface area contributed by atoms with E-state index in [2.05, 4.69) is 27.9 Å². The van der Waals surface area contributed by atoms with Gasteiger partial charge in [0.2, 0.25) is 0 Å². The highest BCUT2D eigenvalue weighted by Gasteiger charge is 2.86. The van der Waals surface area contributed by atoms with Gasteiger partial charge in [0, 0.05) is 43.8 Å². The van der Waals surface area contributed by atoms with Crippen molar-refractivity contribution < 1.29 is 23.9 Å². The molecule has 2 aliphatic carbocycles. The molecule has 2 saturated carbocycles. The Morgan fingerprint density at radius 1 is 1.20 bits per heavy atom. The molecule has 8 atom stereocenters. The lowest BCUT2D eigenvalue weighted by molar-refractivity contribution is -0.159. The van der Waals surface area contributed by atoms with E-state index in [4.69, 9.17) is 20.9 Å². The lowest BCUT2D eigenvalue weighted by atomic mass is 9.61. The van der Waals surface area contributed by atoms with Crippen molar-refractivity contribution in [2.75, 3.05) is 33.3 Å². The molecule has 0 radical (unpaired) electrons. The number of unbranched alkanes of at least 4 members (excludes halogenated alkanes) is 1. The molecule has 4 rings (SSSR count). The summed E-state index contributed by atoms with van der Waals surface area (Å²) in [7, 11) is 1.65. The van der Waals surface area contributed by atoms with Crippen LogP contribution in [-0.4, -0.2) is 80.2 Å². The summed E-state index contributed by atoms with van der Waals surface area (Å²) in [5, 5.41) is 9.99. The van der Waals surface area contributed by atoms with Crippen molar-refractivity contribution in [2.45, 2.75) is 115 Å². The van der Waals surface area contributed by atoms with Crippen molar-refractivity contribution in [3.63, 3.8) is 0 Å². The largest absolute Gasteiger partial charge is 0.463 e. The standard InChI is InChI=1S/C33H56N6O5/c1-5-7-10-22(19-37-6-2)20-43-30(42)33-29(41)25-12-9-8-11-24(25)28(40)32(33,44-33)15-13-21(3)17-26(39-31(35)36-4)23-14-16-38-27(34)18-23/h13,22-27,37-38H,5-12,14-20,34H2,1-4H3,(H3,35,36,39)/t22-,23?,24?,25?,26-,27?,32+,33+/m1/s1. The van der Waals surface area contributed by atoms with E-state index in [1.807, 2.05) is 19.9 Å². The van der Waals surface area contributed by atoms with E-state index in [0.29, 0.717) is 25.2 Å². The highest BCUT2D eigenvalue weighted by Crippen LogP contribution is 2.61. The number of esters is 1. The number of carbonyl (C=O) groups excluding carboxylic acids is 3. The molecule has 44 heavy (non-hydrogen) atoms. The quantitative estimate of drug-likeness (QED) is 0.0459. The SMILES string of the molecule is CCCC[C@H](CNCC)COC(=O)[C@]12O[C@@]1(CC=C(C)C[C@@H](NC(N)=NC)C1CCNC(N)C1)C(=O)C1CCCCC1C2=O. The Balaban J connectivity index is 1.54. The molecule has 4 unspecified atom stereocenters. The number of hydrogen-bond acceptors (Lipinski definition) is 9. The van der Waals surface area contributed by atoms with Crippen molar-refractivity contribution in [3.05, 3.63) is 11.6 Å². The van der Waals surface area contributed by atoms with Gasteiger partial charge in [-0.2, -0.15) is 0 Å². The molecule has 11 heteroatoms. The molecule has 11 nitrogen and oxygen atoms in total. The number of nitrogens with one attached hydrogen (secondary N) is 3. The van der Waals surface area contributed by atoms with Crippen molar-refractivity contribution in [2.24, 2.45) is 40.1 Å². The number of nitrogens with two attached hydrogens (primary N) is 2. The lowest BCUT2D eigenvalue weighted by Gasteiger charge is -2.37. The first kappa shape index (κ1) is 34.5. The molecule has 0 bridgehead atoms. The number of piperidine rings is 1. The molecule has 7 N–H and O–H groups in total. The molecule has 2 heterocycles. The van der Waals surface area contributed by atoms with Crippen LogP contribution in [0.15, 0.2) is 16.6 Å². The maximum Gasteiger partial charge on any atom is 0.349 e. The highest BCUT2D eigenvalue weighted by molar-refractivity contribution is 6.23. The first-order valence-corrected chi connectivity index (χ1v) is 16.9. The van der Waals surface area contributed by atoms with E-state index >= 15 is 0 Å². The van der Waals surface area contributed by atoms with Gasteiger partial charge in [0.25, 0.3) is 5.60 Å². The van der Waals surface area contributed by atoms with Crippen LogP contribution in [-0.2, 0) is 23.9 Å². The molecular weight excluding hydrogens is 560 g/mol. The molecule has 4 fully saturated rings. The zero-order valence-corrected chi connectivity index (χ0v) is 27.3. The molecule has 248 valence electrons. The number of guanidine groups is 1. The third-order valence-electron chi connectivity index (χ3n) is 10.3. The molecule has 0 spiro atoms. The van der Waals surface area contributed by atoms with Crippen LogP contribution >= 0.6 is 0 Å². The zero-order valence-electron chi connectivity index (χ0n) is 27.3. The molecule has 0 amide bonds. The number of ether oxygens (including phenoxy) is 2. The van der Waals surface area contributed by atoms with Crippen LogP contribution in [0.1, 0.15) is 91.4 Å². The van der Waals surface area contributed by atoms with Gasteiger partial charge in [-0.3, -0.25) is 14.6 Å². The number of fused-ring (bicyclic) bond motifs is 2. The molecular formula is C33H56N6O5. The Morgan fingerprint density at radius 3 is 2.59 bits per heavy atom. The number of nitrogens with zero attached hydrogens (tertiary/aromatic N) is 1. The van der Waals surface area contributed by atoms with E-state index in [0.717, 1.165) is 70.2 Å². The third kappa shape index (κ3) is 7.21. The van der Waals surface area contributed by atoms with E-state index in [-0.39, 0.29) is 48.6 Å². The second-order valence-corrected chi connectivity index (χ2v) is 13.4. The minimum atomic E-state index is -1.84. The Kier molecular flexibility index (Phi) is 12.0. The second kappa shape index (κ2) is 15.3. The fourth-order valence-electron chi connectivity index (χ4n) is 7.69. The van der Waals surface area contributed by atoms with Crippen LogP contribution in [0.4, 0.5) is 0 Å². The average Bonchev–Trinajstić information content (AvgIpc) is 3.74. The van der Waals surface area contributed by atoms with Gasteiger partial charge in [0.1, 0.15) is 0 Å². The predicted molar refractivity (Wildman–Crippen MR) is 171 cm³/mol. The number of hydrogen-bond donors (Lipinski definition) is 5. The molecule has 0 aromatic heterocycles. The van der Waals surface area contributed by atoms with Crippen molar-refractivity contribution in [1.82, 2.24) is 16.0 Å². The Bertz CT molecular complexity index is 1090. The monoisotopic (exact) mass is 616 g/mol. The fraction of sp³-hybridized carbons (Fsp3) is 0.818. The van der Waals surface area contributed by atoms with E-state index in [1.54, 1.807) is 7.05 Å². The summed E-state index contributed by atoms with van der Waals surface area (Å²) in [5.41, 5.74) is 9.96. The summed E-state index contributed by atoms with van der Waals surface area (Å²) in [5.74, 6) is -1.16. The van der Waals surface area contributed by atoms with Crippen LogP contribution in [0, 0.1) is 23.7 Å². The van der Waals surface area contributed by atoms with Gasteiger partial charge in [-0.05, 0) is 64.5 Å². The van der Waals surface area contributed by atoms with Gasteiger partial charge in [-0.15, -0.1) is 0 Å². The molecule has 2 saturated heterocycles. The summed E-state index contributed by atoms with van der Waals surface area (Å²) in [6.07, 6.45) is 10.5. The Hall–Kier alpha value is -2.34. The van der Waals surface area contributed by atoms with Crippen LogP contribution in [0.5, 0.6) is 0 Å². The molecule has 0 aromatic rings. The maximum absolute atomic E-state index is 14.1. The number of epoxide rings is 1. The maximum atomic E-state index is 14.1. The Morgan fingerprint density at radius 2 is 1.93 bits per heavy atom. The number of rotatable bonds is 15. The van der Waals surface area contributed by atoms with Crippen molar-refractivity contribution in [3.8, 4) is 0 Å². The van der Waals surface area contributed by atoms with E-state index in [9.17, 15) is 14.4 Å². The van der Waals surface area contributed by atoms with Crippen LogP contribution in [0.2, 0.25) is 0 Å². The second-order valence-electron chi connectivity index (χ2n) is 13.4. The molecule has 2 aliphatic heterocycles. The van der Waals surface area contributed by atoms with Gasteiger partial charge in [0.05, 0.1) is 12.8 Å². The topological polar surface area (TPSA) is 173 Å². The van der Waals surface area contributed by atoms with Gasteiger partial charge >= 0.3 is 5.97 Å². The predicted octanol–water partition coefficient (Wildman–Crippen LogP) is 2.33. The lowest BCUT2D eigenvalue weighted by Crippen LogP contribution is -2.58. The highest BCUT2D eigenvalue weighted by atomic mass is 16.7. The first-order valence-electron chi connectivity index (χ1n) is 16.9. The summed E-state index contributed by atoms with van der Waals surface area (Å²) in [6.45, 7) is 8.76. The van der Waals surface area contributed by atoms with Gasteiger partial charge in [-0.25, -0.2) is 4.79 Å². The fourth-order valence-corrected chi connectivity index (χ4v) is 7.69. The summed E-state index contributed by atoms with van der Waals surface area (Å²) >= 11 is 0. The number of aliphatic imine (C=N–C) groups is 1. The van der Waals surface area contributed by atoms with E-state index in [1.165, 1.54) is 0 Å². The normalized spacial score (nSPS) is 33.7. The zero-order chi connectivity index (χ0) is 31.9. The summed E-state index contributed by atoms with van der Waals surface area (Å²) in [6, 6.07) is -0.00126. The van der Waals surface area contributed by atoms with E-state index < -0.39 is 29.0 Å². The van der Waals surface area contributed by atoms with Gasteiger partial charge < -0.3 is 36.9 Å². The summed E-state index contributed by atoms with van der Waals surface area (Å²) < 4.78 is 12.1. The number of Topliss-reactive ketones (excluding diaryl/α,β-unsaturated/α-hetero) is 2. The third-order valence-corrected chi connectivity index (χ3v) is 10.3. The van der Waals surface area contributed by atoms with Crippen LogP contribution in [0.3, 0.4) is 0 Å². The van der Waals surface area contributed by atoms with Gasteiger partial charge in [-0.1, -0.05) is 51.2 Å². The molecule has 4 aliphatic rings. The van der Waals surface area contributed by atoms with Gasteiger partial charge in [0.15, 0.2) is 23.1 Å². The Labute approximate surface area is 263 Å². The van der Waals surface area contributed by atoms with Crippen molar-refractivity contribution in [1.29, 1.82) is 0 Å². The van der Waals surface area contributed by atoms with Crippen LogP contribution < -0.4 is 27.4 Å². The first-order chi connectivity index (χ1) is 21.1. The number of ketones is 2. The van der Waals surface area contributed by atoms with Crippen molar-refractivity contribution >= 4 is 23.5 Å². The number of carbonyl (C=O) groups is 3. The summed E-state index contributed by atoms with van der Waals surface area (Å²) in [4.78, 5) is 46.1. The average molecular weight is 617 g/mol. The minimum absolute atomic E-state index is 0.00126. The smallest absolute Gasteiger partial charge is 0.349 e.